The summed E-state index contributed by atoms with van der Waals surface area (Å²) < 4.78 is 2.23. The number of aliphatic hydroxyl groups excluding tert-OH is 1. The average molecular weight is 291 g/mol. The van der Waals surface area contributed by atoms with Crippen molar-refractivity contribution in [3.05, 3.63) is 18.2 Å². The standard InChI is InChI=1S/C17H29N3O/c1-15-18-7-11-20(15)10-3-9-19-8-2-6-17(13-19,14-21)12-16-4-5-16/h7,11,16,21H,2-6,8-10,12-14H2,1H3. The summed E-state index contributed by atoms with van der Waals surface area (Å²) in [6.07, 6.45) is 11.6. The molecule has 0 radical (unpaired) electrons. The van der Waals surface area contributed by atoms with E-state index in [1.807, 2.05) is 6.20 Å². The van der Waals surface area contributed by atoms with Gasteiger partial charge in [-0.25, -0.2) is 4.98 Å². The van der Waals surface area contributed by atoms with Crippen molar-refractivity contribution >= 4 is 0 Å². The van der Waals surface area contributed by atoms with Crippen LogP contribution in [0.15, 0.2) is 12.4 Å². The maximum atomic E-state index is 9.91. The SMILES string of the molecule is Cc1nccn1CCCN1CCCC(CO)(CC2CC2)C1. The van der Waals surface area contributed by atoms with Crippen LogP contribution in [0.4, 0.5) is 0 Å². The Morgan fingerprint density at radius 3 is 2.90 bits per heavy atom. The lowest BCUT2D eigenvalue weighted by molar-refractivity contribution is 0.0205. The van der Waals surface area contributed by atoms with Gasteiger partial charge in [0.25, 0.3) is 0 Å². The van der Waals surface area contributed by atoms with Crippen LogP contribution in [0.5, 0.6) is 0 Å². The van der Waals surface area contributed by atoms with Gasteiger partial charge in [0.1, 0.15) is 5.82 Å². The van der Waals surface area contributed by atoms with Crippen LogP contribution in [0, 0.1) is 18.3 Å². The molecule has 3 rings (SSSR count). The van der Waals surface area contributed by atoms with Crippen molar-refractivity contribution in [1.29, 1.82) is 0 Å². The van der Waals surface area contributed by atoms with Gasteiger partial charge >= 0.3 is 0 Å². The number of nitrogens with zero attached hydrogens (tertiary/aromatic N) is 3. The molecule has 0 aromatic carbocycles. The fraction of sp³-hybridized carbons (Fsp3) is 0.824. The third kappa shape index (κ3) is 3.86. The molecule has 0 spiro atoms. The molecule has 1 saturated carbocycles. The van der Waals surface area contributed by atoms with Gasteiger partial charge in [-0.3, -0.25) is 0 Å². The molecule has 1 saturated heterocycles. The number of aryl methyl sites for hydroxylation is 2. The maximum Gasteiger partial charge on any atom is 0.105 e. The van der Waals surface area contributed by atoms with E-state index in [1.165, 1.54) is 45.1 Å². The minimum atomic E-state index is 0.199. The molecule has 2 fully saturated rings. The first-order chi connectivity index (χ1) is 10.2. The molecule has 4 heteroatoms. The van der Waals surface area contributed by atoms with Gasteiger partial charge in [-0.1, -0.05) is 12.8 Å². The Labute approximate surface area is 128 Å². The zero-order valence-corrected chi connectivity index (χ0v) is 13.3. The van der Waals surface area contributed by atoms with E-state index in [0.717, 1.165) is 31.4 Å². The highest BCUT2D eigenvalue weighted by Gasteiger charge is 2.39. The zero-order valence-electron chi connectivity index (χ0n) is 13.3. The number of imidazole rings is 1. The van der Waals surface area contributed by atoms with Crippen molar-refractivity contribution in [3.63, 3.8) is 0 Å². The number of piperidine rings is 1. The van der Waals surface area contributed by atoms with E-state index < -0.39 is 0 Å². The predicted octanol–water partition coefficient (Wildman–Crippen LogP) is 2.46. The lowest BCUT2D eigenvalue weighted by Gasteiger charge is -2.42. The first-order valence-corrected chi connectivity index (χ1v) is 8.52. The van der Waals surface area contributed by atoms with E-state index in [1.54, 1.807) is 0 Å². The van der Waals surface area contributed by atoms with Gasteiger partial charge in [0.05, 0.1) is 0 Å². The lowest BCUT2D eigenvalue weighted by Crippen LogP contribution is -2.46. The molecule has 1 aromatic heterocycles. The molecule has 0 bridgehead atoms. The van der Waals surface area contributed by atoms with E-state index in [0.29, 0.717) is 6.61 Å². The first kappa shape index (κ1) is 15.0. The predicted molar refractivity (Wildman–Crippen MR) is 84.1 cm³/mol. The fourth-order valence-electron chi connectivity index (χ4n) is 3.90. The molecule has 1 N–H and O–H groups in total. The zero-order chi connectivity index (χ0) is 14.7. The van der Waals surface area contributed by atoms with Gasteiger partial charge in [0, 0.05) is 37.5 Å². The summed E-state index contributed by atoms with van der Waals surface area (Å²) in [4.78, 5) is 6.85. The van der Waals surface area contributed by atoms with Gasteiger partial charge in [0.15, 0.2) is 0 Å². The van der Waals surface area contributed by atoms with Crippen LogP contribution in [-0.2, 0) is 6.54 Å². The van der Waals surface area contributed by atoms with Crippen LogP contribution < -0.4 is 0 Å². The molecule has 1 aromatic rings. The van der Waals surface area contributed by atoms with Crippen molar-refractivity contribution < 1.29 is 5.11 Å². The summed E-state index contributed by atoms with van der Waals surface area (Å²) in [5, 5.41) is 9.91. The Morgan fingerprint density at radius 2 is 2.24 bits per heavy atom. The summed E-state index contributed by atoms with van der Waals surface area (Å²) in [6, 6.07) is 0. The molecule has 2 aliphatic rings. The number of aliphatic hydroxyl groups is 1. The summed E-state index contributed by atoms with van der Waals surface area (Å²) in [5.41, 5.74) is 0.199. The highest BCUT2D eigenvalue weighted by Crippen LogP contribution is 2.44. The molecular formula is C17H29N3O. The molecule has 21 heavy (non-hydrogen) atoms. The Balaban J connectivity index is 1.47. The van der Waals surface area contributed by atoms with Crippen molar-refractivity contribution in [2.24, 2.45) is 11.3 Å². The van der Waals surface area contributed by atoms with Crippen LogP contribution >= 0.6 is 0 Å². The van der Waals surface area contributed by atoms with Crippen molar-refractivity contribution in [2.45, 2.75) is 52.0 Å². The minimum Gasteiger partial charge on any atom is -0.396 e. The van der Waals surface area contributed by atoms with E-state index in [-0.39, 0.29) is 5.41 Å². The molecule has 2 heterocycles. The van der Waals surface area contributed by atoms with Gasteiger partial charge in [-0.15, -0.1) is 0 Å². The first-order valence-electron chi connectivity index (χ1n) is 8.52. The smallest absolute Gasteiger partial charge is 0.105 e. The summed E-state index contributed by atoms with van der Waals surface area (Å²) in [6.45, 7) is 6.94. The topological polar surface area (TPSA) is 41.3 Å². The third-order valence-electron chi connectivity index (χ3n) is 5.29. The molecular weight excluding hydrogens is 262 g/mol. The van der Waals surface area contributed by atoms with E-state index >= 15 is 0 Å². The summed E-state index contributed by atoms with van der Waals surface area (Å²) in [7, 11) is 0. The average Bonchev–Trinajstić information content (AvgIpc) is 3.20. The van der Waals surface area contributed by atoms with Gasteiger partial charge in [0.2, 0.25) is 0 Å². The van der Waals surface area contributed by atoms with Gasteiger partial charge < -0.3 is 14.6 Å². The molecule has 1 aliphatic carbocycles. The highest BCUT2D eigenvalue weighted by atomic mass is 16.3. The quantitative estimate of drug-likeness (QED) is 0.839. The molecule has 118 valence electrons. The minimum absolute atomic E-state index is 0.199. The second-order valence-corrected chi connectivity index (χ2v) is 7.21. The Kier molecular flexibility index (Phi) is 4.65. The summed E-state index contributed by atoms with van der Waals surface area (Å²) in [5.74, 6) is 2.01. The van der Waals surface area contributed by atoms with Crippen LogP contribution in [-0.4, -0.2) is 45.8 Å². The van der Waals surface area contributed by atoms with E-state index in [2.05, 4.69) is 27.6 Å². The van der Waals surface area contributed by atoms with E-state index in [4.69, 9.17) is 0 Å². The van der Waals surface area contributed by atoms with Gasteiger partial charge in [-0.2, -0.15) is 0 Å². The maximum absolute atomic E-state index is 9.91. The van der Waals surface area contributed by atoms with Crippen LogP contribution in [0.3, 0.4) is 0 Å². The van der Waals surface area contributed by atoms with Crippen molar-refractivity contribution in [2.75, 3.05) is 26.2 Å². The Bertz CT molecular complexity index is 455. The van der Waals surface area contributed by atoms with Crippen LogP contribution in [0.1, 0.15) is 44.3 Å². The lowest BCUT2D eigenvalue weighted by atomic mass is 9.76. The van der Waals surface area contributed by atoms with Crippen molar-refractivity contribution in [1.82, 2.24) is 14.5 Å². The largest absolute Gasteiger partial charge is 0.396 e. The number of aromatic nitrogens is 2. The molecule has 4 nitrogen and oxygen atoms in total. The number of hydrogen-bond donors (Lipinski definition) is 1. The van der Waals surface area contributed by atoms with E-state index in [9.17, 15) is 5.11 Å². The second kappa shape index (κ2) is 6.49. The fourth-order valence-corrected chi connectivity index (χ4v) is 3.90. The highest BCUT2D eigenvalue weighted by molar-refractivity contribution is 4.92. The Hall–Kier alpha value is -0.870. The Morgan fingerprint density at radius 1 is 1.38 bits per heavy atom. The second-order valence-electron chi connectivity index (χ2n) is 7.21. The van der Waals surface area contributed by atoms with Crippen LogP contribution in [0.25, 0.3) is 0 Å². The van der Waals surface area contributed by atoms with Crippen LogP contribution in [0.2, 0.25) is 0 Å². The monoisotopic (exact) mass is 291 g/mol. The number of rotatable bonds is 7. The summed E-state index contributed by atoms with van der Waals surface area (Å²) >= 11 is 0. The van der Waals surface area contributed by atoms with Crippen molar-refractivity contribution in [3.8, 4) is 0 Å². The number of hydrogen-bond acceptors (Lipinski definition) is 3. The molecule has 1 unspecified atom stereocenters. The van der Waals surface area contributed by atoms with Gasteiger partial charge in [-0.05, 0) is 51.6 Å². The third-order valence-corrected chi connectivity index (χ3v) is 5.29. The normalized spacial score (nSPS) is 27.1. The molecule has 1 aliphatic heterocycles. The molecule has 1 atom stereocenters. The number of likely N-dealkylation sites (tertiary alicyclic amines) is 1. The molecule has 0 amide bonds.